The molecule has 144 valence electrons. The summed E-state index contributed by atoms with van der Waals surface area (Å²) in [6.45, 7) is 8.94. The van der Waals surface area contributed by atoms with Crippen LogP contribution in [0.4, 0.5) is 0 Å². The van der Waals surface area contributed by atoms with Crippen molar-refractivity contribution in [1.29, 1.82) is 0 Å². The molecular weight excluding hydrogens is 332 g/mol. The highest BCUT2D eigenvalue weighted by molar-refractivity contribution is 5.85. The maximum Gasteiger partial charge on any atom is 0.307 e. The van der Waals surface area contributed by atoms with Gasteiger partial charge in [-0.25, -0.2) is 0 Å². The summed E-state index contributed by atoms with van der Waals surface area (Å²) in [5, 5.41) is 13.8. The SMILES string of the molecule is CCn1ncc(CN2CCN(C(=O)[C@H]3CCCC[C@H]3C(=O)O)CC2)c1C. The number of carbonyl (C=O) groups is 2. The molecule has 0 spiro atoms. The van der Waals surface area contributed by atoms with Crippen molar-refractivity contribution in [2.24, 2.45) is 11.8 Å². The second-order valence-electron chi connectivity index (χ2n) is 7.51. The van der Waals surface area contributed by atoms with E-state index in [9.17, 15) is 14.7 Å². The molecule has 1 aliphatic carbocycles. The van der Waals surface area contributed by atoms with Crippen LogP contribution in [0.1, 0.15) is 43.9 Å². The summed E-state index contributed by atoms with van der Waals surface area (Å²) in [5.74, 6) is -1.61. The molecule has 2 heterocycles. The largest absolute Gasteiger partial charge is 0.481 e. The fourth-order valence-corrected chi connectivity index (χ4v) is 4.28. The first-order valence-electron chi connectivity index (χ1n) is 9.76. The smallest absolute Gasteiger partial charge is 0.307 e. The third-order valence-corrected chi connectivity index (χ3v) is 5.98. The molecule has 0 radical (unpaired) electrons. The second kappa shape index (κ2) is 8.20. The Morgan fingerprint density at radius 1 is 1.15 bits per heavy atom. The minimum absolute atomic E-state index is 0.0479. The van der Waals surface area contributed by atoms with Gasteiger partial charge < -0.3 is 10.0 Å². The minimum Gasteiger partial charge on any atom is -0.481 e. The van der Waals surface area contributed by atoms with Gasteiger partial charge in [0.2, 0.25) is 5.91 Å². The zero-order valence-electron chi connectivity index (χ0n) is 15.9. The lowest BCUT2D eigenvalue weighted by Gasteiger charge is -2.38. The molecule has 1 N–H and O–H groups in total. The van der Waals surface area contributed by atoms with Gasteiger partial charge in [-0.15, -0.1) is 0 Å². The van der Waals surface area contributed by atoms with Crippen LogP contribution in [0.3, 0.4) is 0 Å². The Bertz CT molecular complexity index is 649. The van der Waals surface area contributed by atoms with Gasteiger partial charge >= 0.3 is 5.97 Å². The van der Waals surface area contributed by atoms with Gasteiger partial charge in [0, 0.05) is 50.5 Å². The lowest BCUT2D eigenvalue weighted by Crippen LogP contribution is -2.51. The van der Waals surface area contributed by atoms with E-state index < -0.39 is 11.9 Å². The molecule has 1 saturated heterocycles. The number of piperazine rings is 1. The molecule has 0 bridgehead atoms. The fraction of sp³-hybridized carbons (Fsp3) is 0.737. The predicted octanol–water partition coefficient (Wildman–Crippen LogP) is 1.75. The molecule has 1 aromatic heterocycles. The second-order valence-corrected chi connectivity index (χ2v) is 7.51. The number of carboxylic acid groups (broad SMARTS) is 1. The summed E-state index contributed by atoms with van der Waals surface area (Å²) >= 11 is 0. The monoisotopic (exact) mass is 362 g/mol. The molecule has 2 aliphatic rings. The third-order valence-electron chi connectivity index (χ3n) is 5.98. The van der Waals surface area contributed by atoms with Crippen LogP contribution in [0.2, 0.25) is 0 Å². The fourth-order valence-electron chi connectivity index (χ4n) is 4.28. The highest BCUT2D eigenvalue weighted by Gasteiger charge is 2.38. The van der Waals surface area contributed by atoms with E-state index >= 15 is 0 Å². The summed E-state index contributed by atoms with van der Waals surface area (Å²) in [7, 11) is 0. The van der Waals surface area contributed by atoms with E-state index in [0.29, 0.717) is 25.9 Å². The van der Waals surface area contributed by atoms with Gasteiger partial charge in [0.25, 0.3) is 0 Å². The number of carbonyl (C=O) groups excluding carboxylic acids is 1. The molecule has 2 fully saturated rings. The van der Waals surface area contributed by atoms with E-state index in [4.69, 9.17) is 0 Å². The number of hydrogen-bond acceptors (Lipinski definition) is 4. The van der Waals surface area contributed by atoms with Crippen LogP contribution in [0.15, 0.2) is 6.20 Å². The zero-order valence-corrected chi connectivity index (χ0v) is 15.9. The van der Waals surface area contributed by atoms with Crippen molar-refractivity contribution in [3.8, 4) is 0 Å². The quantitative estimate of drug-likeness (QED) is 0.863. The van der Waals surface area contributed by atoms with Crippen LogP contribution in [0.5, 0.6) is 0 Å². The molecule has 0 aromatic carbocycles. The normalized spacial score (nSPS) is 24.6. The Hall–Kier alpha value is -1.89. The summed E-state index contributed by atoms with van der Waals surface area (Å²) in [5.41, 5.74) is 2.45. The predicted molar refractivity (Wildman–Crippen MR) is 97.6 cm³/mol. The number of amides is 1. The van der Waals surface area contributed by atoms with Gasteiger partial charge in [-0.3, -0.25) is 19.2 Å². The van der Waals surface area contributed by atoms with Crippen molar-refractivity contribution in [1.82, 2.24) is 19.6 Å². The Labute approximate surface area is 155 Å². The van der Waals surface area contributed by atoms with Crippen LogP contribution in [0, 0.1) is 18.8 Å². The third kappa shape index (κ3) is 3.92. The summed E-state index contributed by atoms with van der Waals surface area (Å²) in [6.07, 6.45) is 5.16. The van der Waals surface area contributed by atoms with Gasteiger partial charge in [-0.05, 0) is 26.7 Å². The van der Waals surface area contributed by atoms with Crippen molar-refractivity contribution >= 4 is 11.9 Å². The lowest BCUT2D eigenvalue weighted by molar-refractivity contribution is -0.153. The van der Waals surface area contributed by atoms with Crippen molar-refractivity contribution in [2.45, 2.75) is 52.6 Å². The number of aliphatic carboxylic acids is 1. The first-order chi connectivity index (χ1) is 12.5. The van der Waals surface area contributed by atoms with Crippen molar-refractivity contribution in [3.05, 3.63) is 17.5 Å². The van der Waals surface area contributed by atoms with Gasteiger partial charge in [0.15, 0.2) is 0 Å². The van der Waals surface area contributed by atoms with E-state index in [1.54, 1.807) is 0 Å². The molecule has 26 heavy (non-hydrogen) atoms. The molecule has 1 amide bonds. The Morgan fingerprint density at radius 3 is 2.38 bits per heavy atom. The Balaban J connectivity index is 1.55. The standard InChI is InChI=1S/C19H30N4O3/c1-3-23-14(2)15(12-20-23)13-21-8-10-22(11-9-21)18(24)16-6-4-5-7-17(16)19(25)26/h12,16-17H,3-11,13H2,1-2H3,(H,25,26)/t16-,17+/m0/s1. The van der Waals surface area contributed by atoms with Crippen LogP contribution in [-0.2, 0) is 22.7 Å². The highest BCUT2D eigenvalue weighted by atomic mass is 16.4. The molecule has 7 nitrogen and oxygen atoms in total. The van der Waals surface area contributed by atoms with Gasteiger partial charge in [0.05, 0.1) is 18.0 Å². The van der Waals surface area contributed by atoms with E-state index in [0.717, 1.165) is 39.0 Å². The summed E-state index contributed by atoms with van der Waals surface area (Å²) in [6, 6.07) is 0. The maximum absolute atomic E-state index is 12.9. The van der Waals surface area contributed by atoms with Gasteiger partial charge in [0.1, 0.15) is 0 Å². The first-order valence-corrected chi connectivity index (χ1v) is 9.76. The number of aromatic nitrogens is 2. The van der Waals surface area contributed by atoms with Gasteiger partial charge in [-0.1, -0.05) is 12.8 Å². The molecule has 1 aromatic rings. The molecule has 1 aliphatic heterocycles. The Morgan fingerprint density at radius 2 is 1.81 bits per heavy atom. The maximum atomic E-state index is 12.9. The van der Waals surface area contributed by atoms with Crippen LogP contribution in [0.25, 0.3) is 0 Å². The average Bonchev–Trinajstić information content (AvgIpc) is 3.01. The van der Waals surface area contributed by atoms with Gasteiger partial charge in [-0.2, -0.15) is 5.10 Å². The number of rotatable bonds is 5. The van der Waals surface area contributed by atoms with Crippen LogP contribution < -0.4 is 0 Å². The molecule has 1 saturated carbocycles. The summed E-state index contributed by atoms with van der Waals surface area (Å²) < 4.78 is 2.00. The van der Waals surface area contributed by atoms with E-state index in [1.165, 1.54) is 11.3 Å². The topological polar surface area (TPSA) is 78.7 Å². The van der Waals surface area contributed by atoms with E-state index in [-0.39, 0.29) is 11.8 Å². The van der Waals surface area contributed by atoms with Crippen LogP contribution in [-0.4, -0.2) is 62.7 Å². The number of aryl methyl sites for hydroxylation is 1. The molecule has 3 rings (SSSR count). The number of hydrogen-bond donors (Lipinski definition) is 1. The zero-order chi connectivity index (χ0) is 18.7. The molecular formula is C19H30N4O3. The summed E-state index contributed by atoms with van der Waals surface area (Å²) in [4.78, 5) is 28.6. The average molecular weight is 362 g/mol. The number of carboxylic acids is 1. The minimum atomic E-state index is -0.815. The number of nitrogens with zero attached hydrogens (tertiary/aromatic N) is 4. The molecule has 0 unspecified atom stereocenters. The molecule has 2 atom stereocenters. The first kappa shape index (κ1) is 18.9. The molecule has 7 heteroatoms. The van der Waals surface area contributed by atoms with Crippen molar-refractivity contribution in [3.63, 3.8) is 0 Å². The van der Waals surface area contributed by atoms with Crippen molar-refractivity contribution in [2.75, 3.05) is 26.2 Å². The van der Waals surface area contributed by atoms with Crippen molar-refractivity contribution < 1.29 is 14.7 Å². The van der Waals surface area contributed by atoms with E-state index in [2.05, 4.69) is 23.8 Å². The lowest BCUT2D eigenvalue weighted by atomic mass is 9.78. The van der Waals surface area contributed by atoms with E-state index in [1.807, 2.05) is 15.8 Å². The Kier molecular flexibility index (Phi) is 5.96. The van der Waals surface area contributed by atoms with Crippen LogP contribution >= 0.6 is 0 Å². The highest BCUT2D eigenvalue weighted by Crippen LogP contribution is 2.32.